The van der Waals surface area contributed by atoms with Gasteiger partial charge in [-0.2, -0.15) is 5.10 Å². The molecule has 2 N–H and O–H groups in total. The first-order valence-corrected chi connectivity index (χ1v) is 6.62. The Hall–Kier alpha value is -2.10. The third kappa shape index (κ3) is 3.22. The number of aromatic amines is 1. The highest BCUT2D eigenvalue weighted by atomic mass is 16.2. The number of nitrogens with one attached hydrogen (secondary N) is 2. The third-order valence-corrected chi connectivity index (χ3v) is 3.07. The molecule has 0 aliphatic rings. The average molecular weight is 257 g/mol. The van der Waals surface area contributed by atoms with E-state index in [2.05, 4.69) is 22.4 Å². The summed E-state index contributed by atoms with van der Waals surface area (Å²) >= 11 is 0. The van der Waals surface area contributed by atoms with Crippen molar-refractivity contribution >= 4 is 22.5 Å². The van der Waals surface area contributed by atoms with E-state index in [0.717, 1.165) is 35.9 Å². The zero-order valence-corrected chi connectivity index (χ0v) is 11.4. The minimum absolute atomic E-state index is 0.173. The van der Waals surface area contributed by atoms with Crippen LogP contribution in [-0.2, 0) is 0 Å². The van der Waals surface area contributed by atoms with Crippen molar-refractivity contribution in [1.82, 2.24) is 10.4 Å². The van der Waals surface area contributed by atoms with Gasteiger partial charge in [0.2, 0.25) is 0 Å². The maximum Gasteiger partial charge on any atom is 0.273 e. The van der Waals surface area contributed by atoms with E-state index in [1.807, 2.05) is 31.2 Å². The fourth-order valence-corrected chi connectivity index (χ4v) is 1.95. The van der Waals surface area contributed by atoms with Crippen LogP contribution in [-0.4, -0.2) is 16.6 Å². The Morgan fingerprint density at radius 1 is 1.37 bits per heavy atom. The summed E-state index contributed by atoms with van der Waals surface area (Å²) in [6, 6.07) is 7.73. The number of nitrogens with zero attached hydrogens (tertiary/aromatic N) is 1. The van der Waals surface area contributed by atoms with Crippen molar-refractivity contribution in [1.29, 1.82) is 0 Å². The highest BCUT2D eigenvalue weighted by molar-refractivity contribution is 6.06. The monoisotopic (exact) mass is 257 g/mol. The van der Waals surface area contributed by atoms with Crippen molar-refractivity contribution in [3.63, 3.8) is 0 Å². The summed E-state index contributed by atoms with van der Waals surface area (Å²) in [5, 5.41) is 5.05. The van der Waals surface area contributed by atoms with E-state index >= 15 is 0 Å². The molecular formula is C15H19N3O. The lowest BCUT2D eigenvalue weighted by molar-refractivity contribution is 0.0956. The molecule has 0 atom stereocenters. The number of carbonyl (C=O) groups excluding carboxylic acids is 1. The van der Waals surface area contributed by atoms with Crippen LogP contribution in [0.4, 0.5) is 0 Å². The summed E-state index contributed by atoms with van der Waals surface area (Å²) in [6.45, 7) is 4.07. The van der Waals surface area contributed by atoms with E-state index in [1.54, 1.807) is 6.20 Å². The molecule has 1 heterocycles. The van der Waals surface area contributed by atoms with Gasteiger partial charge in [0.15, 0.2) is 0 Å². The maximum atomic E-state index is 12.1. The quantitative estimate of drug-likeness (QED) is 0.625. The van der Waals surface area contributed by atoms with Gasteiger partial charge >= 0.3 is 0 Å². The van der Waals surface area contributed by atoms with Crippen LogP contribution in [0.5, 0.6) is 0 Å². The molecule has 1 amide bonds. The second-order valence-electron chi connectivity index (χ2n) is 4.64. The first-order chi connectivity index (χ1) is 9.22. The predicted octanol–water partition coefficient (Wildman–Crippen LogP) is 3.46. The summed E-state index contributed by atoms with van der Waals surface area (Å²) < 4.78 is 0. The number of fused-ring (bicyclic) bond motifs is 1. The molecule has 4 nitrogen and oxygen atoms in total. The summed E-state index contributed by atoms with van der Waals surface area (Å²) in [6.07, 6.45) is 4.86. The SMILES string of the molecule is CCCC/C(C)=N/NC(=O)c1c[nH]c2ccccc12. The van der Waals surface area contributed by atoms with Gasteiger partial charge in [-0.15, -0.1) is 0 Å². The molecule has 2 rings (SSSR count). The lowest BCUT2D eigenvalue weighted by Crippen LogP contribution is -2.18. The highest BCUT2D eigenvalue weighted by Gasteiger charge is 2.10. The number of hydrogen-bond acceptors (Lipinski definition) is 2. The van der Waals surface area contributed by atoms with Crippen LogP contribution in [0.2, 0.25) is 0 Å². The second kappa shape index (κ2) is 6.18. The molecule has 2 aromatic rings. The number of hydrogen-bond donors (Lipinski definition) is 2. The van der Waals surface area contributed by atoms with E-state index < -0.39 is 0 Å². The van der Waals surface area contributed by atoms with Gasteiger partial charge in [0.05, 0.1) is 5.56 Å². The van der Waals surface area contributed by atoms with E-state index in [1.165, 1.54) is 0 Å². The summed E-state index contributed by atoms with van der Waals surface area (Å²) in [7, 11) is 0. The molecule has 0 fully saturated rings. The van der Waals surface area contributed by atoms with E-state index in [-0.39, 0.29) is 5.91 Å². The number of benzene rings is 1. The molecule has 1 aromatic heterocycles. The average Bonchev–Trinajstić information content (AvgIpc) is 2.86. The standard InChI is InChI=1S/C15H19N3O/c1-3-4-7-11(2)17-18-15(19)13-10-16-14-9-6-5-8-12(13)14/h5-6,8-10,16H,3-4,7H2,1-2H3,(H,18,19)/b17-11+. The van der Waals surface area contributed by atoms with Crippen LogP contribution in [0.15, 0.2) is 35.6 Å². The van der Waals surface area contributed by atoms with Gasteiger partial charge in [-0.05, 0) is 25.8 Å². The minimum Gasteiger partial charge on any atom is -0.360 e. The Labute approximate surface area is 112 Å². The summed E-state index contributed by atoms with van der Waals surface area (Å²) in [5.41, 5.74) is 5.15. The molecule has 0 radical (unpaired) electrons. The van der Waals surface area contributed by atoms with Crippen LogP contribution in [0, 0.1) is 0 Å². The highest BCUT2D eigenvalue weighted by Crippen LogP contribution is 2.17. The Bertz CT molecular complexity index is 598. The van der Waals surface area contributed by atoms with Gasteiger partial charge in [0.1, 0.15) is 0 Å². The molecule has 0 aliphatic heterocycles. The van der Waals surface area contributed by atoms with Gasteiger partial charge < -0.3 is 4.98 Å². The normalized spacial score (nSPS) is 11.8. The number of amides is 1. The van der Waals surface area contributed by atoms with Crippen molar-refractivity contribution in [2.75, 3.05) is 0 Å². The van der Waals surface area contributed by atoms with Crippen molar-refractivity contribution in [3.8, 4) is 0 Å². The maximum absolute atomic E-state index is 12.1. The molecular weight excluding hydrogens is 238 g/mol. The van der Waals surface area contributed by atoms with Gasteiger partial charge in [-0.1, -0.05) is 31.5 Å². The van der Waals surface area contributed by atoms with Gasteiger partial charge in [-0.25, -0.2) is 5.43 Å². The molecule has 19 heavy (non-hydrogen) atoms. The van der Waals surface area contributed by atoms with Crippen LogP contribution < -0.4 is 5.43 Å². The fourth-order valence-electron chi connectivity index (χ4n) is 1.95. The summed E-state index contributed by atoms with van der Waals surface area (Å²) in [5.74, 6) is -0.173. The number of carbonyl (C=O) groups is 1. The zero-order chi connectivity index (χ0) is 13.7. The first kappa shape index (κ1) is 13.3. The minimum atomic E-state index is -0.173. The topological polar surface area (TPSA) is 57.2 Å². The number of hydrazone groups is 1. The summed E-state index contributed by atoms with van der Waals surface area (Å²) in [4.78, 5) is 15.1. The van der Waals surface area contributed by atoms with Crippen LogP contribution >= 0.6 is 0 Å². The molecule has 0 spiro atoms. The van der Waals surface area contributed by atoms with Gasteiger partial charge in [0, 0.05) is 22.8 Å². The van der Waals surface area contributed by atoms with Crippen molar-refractivity contribution in [3.05, 3.63) is 36.0 Å². The lowest BCUT2D eigenvalue weighted by atomic mass is 10.2. The molecule has 4 heteroatoms. The molecule has 100 valence electrons. The first-order valence-electron chi connectivity index (χ1n) is 6.62. The van der Waals surface area contributed by atoms with Gasteiger partial charge in [0.25, 0.3) is 5.91 Å². The largest absolute Gasteiger partial charge is 0.360 e. The van der Waals surface area contributed by atoms with Crippen LogP contribution in [0.1, 0.15) is 43.5 Å². The number of unbranched alkanes of at least 4 members (excludes halogenated alkanes) is 1. The van der Waals surface area contributed by atoms with Crippen molar-refractivity contribution in [2.24, 2.45) is 5.10 Å². The lowest BCUT2D eigenvalue weighted by Gasteiger charge is -2.01. The van der Waals surface area contributed by atoms with Crippen molar-refractivity contribution in [2.45, 2.75) is 33.1 Å². The Kier molecular flexibility index (Phi) is 4.34. The molecule has 1 aromatic carbocycles. The number of aromatic nitrogens is 1. The molecule has 0 saturated heterocycles. The van der Waals surface area contributed by atoms with Crippen LogP contribution in [0.3, 0.4) is 0 Å². The van der Waals surface area contributed by atoms with E-state index in [0.29, 0.717) is 5.56 Å². The Morgan fingerprint density at radius 2 is 2.16 bits per heavy atom. The van der Waals surface area contributed by atoms with E-state index in [4.69, 9.17) is 0 Å². The number of rotatable bonds is 5. The Balaban J connectivity index is 2.08. The van der Waals surface area contributed by atoms with Crippen molar-refractivity contribution < 1.29 is 4.79 Å². The molecule has 0 aliphatic carbocycles. The third-order valence-electron chi connectivity index (χ3n) is 3.07. The number of H-pyrrole nitrogens is 1. The molecule has 0 saturated carbocycles. The van der Waals surface area contributed by atoms with Gasteiger partial charge in [-0.3, -0.25) is 4.79 Å². The zero-order valence-electron chi connectivity index (χ0n) is 11.4. The molecule has 0 bridgehead atoms. The van der Waals surface area contributed by atoms with Crippen LogP contribution in [0.25, 0.3) is 10.9 Å². The predicted molar refractivity (Wildman–Crippen MR) is 78.4 cm³/mol. The second-order valence-corrected chi connectivity index (χ2v) is 4.64. The number of para-hydroxylation sites is 1. The Morgan fingerprint density at radius 3 is 2.95 bits per heavy atom. The van der Waals surface area contributed by atoms with E-state index in [9.17, 15) is 4.79 Å². The smallest absolute Gasteiger partial charge is 0.273 e. The fraction of sp³-hybridized carbons (Fsp3) is 0.333. The molecule has 0 unspecified atom stereocenters.